The van der Waals surface area contributed by atoms with E-state index in [1.165, 1.54) is 62.5 Å². The van der Waals surface area contributed by atoms with Gasteiger partial charge in [-0.2, -0.15) is 0 Å². The van der Waals surface area contributed by atoms with E-state index in [4.69, 9.17) is 13.3 Å². The Morgan fingerprint density at radius 2 is 1.26 bits per heavy atom. The van der Waals surface area contributed by atoms with Crippen LogP contribution in [0.5, 0.6) is 0 Å². The fraction of sp³-hybridized carbons (Fsp3) is 0.864. The van der Waals surface area contributed by atoms with Gasteiger partial charge in [0.05, 0.1) is 12.2 Å². The molecule has 0 aromatic carbocycles. The van der Waals surface area contributed by atoms with Gasteiger partial charge in [0.15, 0.2) is 25.0 Å². The van der Waals surface area contributed by atoms with Crippen LogP contribution < -0.4 is 0 Å². The minimum atomic E-state index is -1.98. The summed E-state index contributed by atoms with van der Waals surface area (Å²) in [5, 5.41) is 0.591. The maximum absolute atomic E-state index is 7.13. The summed E-state index contributed by atoms with van der Waals surface area (Å²) >= 11 is 0. The molecule has 3 rings (SSSR count). The second kappa shape index (κ2) is 15.8. The van der Waals surface area contributed by atoms with Gasteiger partial charge in [0, 0.05) is 6.10 Å². The number of hydrogen-bond acceptors (Lipinski definition) is 3. The van der Waals surface area contributed by atoms with Gasteiger partial charge in [-0.3, -0.25) is 0 Å². The van der Waals surface area contributed by atoms with Gasteiger partial charge in [0.1, 0.15) is 0 Å². The molecule has 0 bridgehead atoms. The average molecular weight is 745 g/mol. The van der Waals surface area contributed by atoms with Crippen molar-refractivity contribution in [3.63, 3.8) is 0 Å². The fourth-order valence-corrected chi connectivity index (χ4v) is 12.6. The van der Waals surface area contributed by atoms with Crippen molar-refractivity contribution in [3.8, 4) is 0 Å². The molecule has 50 heavy (non-hydrogen) atoms. The molecule has 0 heterocycles. The molecular formula is C44H84O3Si3. The summed E-state index contributed by atoms with van der Waals surface area (Å²) in [6.07, 6.45) is 17.9. The number of rotatable bonds is 12. The smallest absolute Gasteiger partial charge is 0.192 e. The molecule has 3 saturated carbocycles. The topological polar surface area (TPSA) is 27.7 Å². The third-order valence-corrected chi connectivity index (χ3v) is 28.6. The highest BCUT2D eigenvalue weighted by atomic mass is 28.4. The lowest BCUT2D eigenvalue weighted by atomic mass is 9.60. The molecule has 0 saturated heterocycles. The molecule has 6 heteroatoms. The van der Waals surface area contributed by atoms with Crippen molar-refractivity contribution < 1.29 is 13.3 Å². The Balaban J connectivity index is 1.77. The van der Waals surface area contributed by atoms with Crippen molar-refractivity contribution >= 4 is 25.0 Å². The summed E-state index contributed by atoms with van der Waals surface area (Å²) in [5.74, 6) is 2.32. The predicted molar refractivity (Wildman–Crippen MR) is 228 cm³/mol. The summed E-state index contributed by atoms with van der Waals surface area (Å²) in [6.45, 7) is 47.6. The van der Waals surface area contributed by atoms with E-state index in [0.29, 0.717) is 11.5 Å². The highest BCUT2D eigenvalue weighted by Crippen LogP contribution is 2.60. The second-order valence-corrected chi connectivity index (χ2v) is 36.2. The third-order valence-electron chi connectivity index (χ3n) is 15.0. The molecule has 3 aliphatic carbocycles. The van der Waals surface area contributed by atoms with E-state index in [1.54, 1.807) is 5.57 Å². The minimum absolute atomic E-state index is 0.0346. The van der Waals surface area contributed by atoms with E-state index in [9.17, 15) is 0 Å². The minimum Gasteiger partial charge on any atom is -0.414 e. The van der Waals surface area contributed by atoms with Crippen LogP contribution in [-0.2, 0) is 13.3 Å². The van der Waals surface area contributed by atoms with Crippen molar-refractivity contribution in [1.82, 2.24) is 0 Å². The molecule has 0 aromatic rings. The predicted octanol–water partition coefficient (Wildman–Crippen LogP) is 14.4. The Labute approximate surface area is 315 Å². The van der Waals surface area contributed by atoms with Crippen LogP contribution >= 0.6 is 0 Å². The molecule has 0 spiro atoms. The van der Waals surface area contributed by atoms with Crippen LogP contribution in [0.3, 0.4) is 0 Å². The first-order valence-corrected chi connectivity index (χ1v) is 29.4. The first-order chi connectivity index (χ1) is 22.5. The lowest BCUT2D eigenvalue weighted by Gasteiger charge is -2.46. The SMILES string of the molecule is C=C1[C@H](O[Si](C)(C)C(C)(C)C)CC(=C/C=C2\CCC[C@]3(C)[C@@H]([C@@H](C)CCC[C@@H](C)O[Si](C)(C)C(C)(C)C)CC[C@@H]23)C[C@H]1O[Si](C)(C)C(C)(C)C. The summed E-state index contributed by atoms with van der Waals surface area (Å²) in [6, 6.07) is 0. The molecule has 3 fully saturated rings. The molecule has 0 aromatic heterocycles. The molecule has 0 aliphatic heterocycles. The maximum atomic E-state index is 7.13. The molecule has 3 nitrogen and oxygen atoms in total. The molecule has 3 aliphatic rings. The summed E-state index contributed by atoms with van der Waals surface area (Å²) in [4.78, 5) is 0. The van der Waals surface area contributed by atoms with Crippen LogP contribution in [0.2, 0.25) is 54.4 Å². The highest BCUT2D eigenvalue weighted by molar-refractivity contribution is 6.75. The molecule has 0 amide bonds. The molecular weight excluding hydrogens is 661 g/mol. The summed E-state index contributed by atoms with van der Waals surface area (Å²) in [5.41, 5.74) is 4.80. The Bertz CT molecular complexity index is 1180. The summed E-state index contributed by atoms with van der Waals surface area (Å²) in [7, 11) is -5.66. The molecule has 0 unspecified atom stereocenters. The Hall–Kier alpha value is -0.249. The Morgan fingerprint density at radius 1 is 0.760 bits per heavy atom. The van der Waals surface area contributed by atoms with Gasteiger partial charge >= 0.3 is 0 Å². The molecule has 0 radical (unpaired) electrons. The zero-order valence-electron chi connectivity index (χ0n) is 36.6. The van der Waals surface area contributed by atoms with Gasteiger partial charge in [0.25, 0.3) is 0 Å². The standard InChI is InChI=1S/C44H84O3Si3/c1-32(22-20-23-33(2)45-48(14,15)41(4,5)6)37-27-28-38-36(24-21-29-44(37,38)13)26-25-35-30-39(46-49(16,17)42(7,8)9)34(3)40(31-35)47-50(18,19)43(10,11)12/h25-26,32-33,37-40H,3,20-24,27-31H2,1-2,4-19H3/b36-26+/t32-,33+,37+,38-,39+,40+,44+/m0/s1. The van der Waals surface area contributed by atoms with Crippen LogP contribution in [0.25, 0.3) is 0 Å². The van der Waals surface area contributed by atoms with E-state index in [1.807, 2.05) is 0 Å². The van der Waals surface area contributed by atoms with E-state index in [-0.39, 0.29) is 27.3 Å². The fourth-order valence-electron chi connectivity index (χ4n) is 8.57. The van der Waals surface area contributed by atoms with Crippen LogP contribution in [0.1, 0.15) is 147 Å². The average Bonchev–Trinajstić information content (AvgIpc) is 3.29. The van der Waals surface area contributed by atoms with Gasteiger partial charge in [0.2, 0.25) is 0 Å². The van der Waals surface area contributed by atoms with Crippen LogP contribution in [0, 0.1) is 23.2 Å². The Kier molecular flexibility index (Phi) is 14.0. The van der Waals surface area contributed by atoms with Crippen molar-refractivity contribution in [2.45, 2.75) is 220 Å². The maximum Gasteiger partial charge on any atom is 0.192 e. The van der Waals surface area contributed by atoms with Crippen LogP contribution in [0.4, 0.5) is 0 Å². The van der Waals surface area contributed by atoms with Gasteiger partial charge in [-0.25, -0.2) is 0 Å². The zero-order valence-corrected chi connectivity index (χ0v) is 39.6. The molecule has 0 N–H and O–H groups in total. The van der Waals surface area contributed by atoms with E-state index in [2.05, 4.69) is 141 Å². The van der Waals surface area contributed by atoms with Gasteiger partial charge in [-0.1, -0.05) is 119 Å². The number of fused-ring (bicyclic) bond motifs is 1. The monoisotopic (exact) mass is 745 g/mol. The van der Waals surface area contributed by atoms with E-state index >= 15 is 0 Å². The van der Waals surface area contributed by atoms with Crippen molar-refractivity contribution in [2.24, 2.45) is 23.2 Å². The van der Waals surface area contributed by atoms with Crippen LogP contribution in [-0.4, -0.2) is 43.3 Å². The molecule has 290 valence electrons. The Morgan fingerprint density at radius 3 is 1.74 bits per heavy atom. The van der Waals surface area contributed by atoms with Gasteiger partial charge < -0.3 is 13.3 Å². The third kappa shape index (κ3) is 10.3. The van der Waals surface area contributed by atoms with Crippen LogP contribution in [0.15, 0.2) is 35.5 Å². The van der Waals surface area contributed by atoms with E-state index in [0.717, 1.165) is 30.6 Å². The van der Waals surface area contributed by atoms with Gasteiger partial charge in [-0.05, 0) is 141 Å². The largest absolute Gasteiger partial charge is 0.414 e. The quantitative estimate of drug-likeness (QED) is 0.147. The number of allylic oxidation sites excluding steroid dienone is 3. The first kappa shape index (κ1) is 44.1. The highest BCUT2D eigenvalue weighted by Gasteiger charge is 2.51. The lowest BCUT2D eigenvalue weighted by Crippen LogP contribution is -2.49. The lowest BCUT2D eigenvalue weighted by molar-refractivity contribution is 0.0910. The second-order valence-electron chi connectivity index (χ2n) is 22.0. The summed E-state index contributed by atoms with van der Waals surface area (Å²) < 4.78 is 21.0. The van der Waals surface area contributed by atoms with Gasteiger partial charge in [-0.15, -0.1) is 0 Å². The van der Waals surface area contributed by atoms with Crippen molar-refractivity contribution in [3.05, 3.63) is 35.5 Å². The van der Waals surface area contributed by atoms with Crippen molar-refractivity contribution in [1.29, 1.82) is 0 Å². The zero-order chi connectivity index (χ0) is 38.3. The normalized spacial score (nSPS) is 29.7. The first-order valence-electron chi connectivity index (χ1n) is 20.6. The van der Waals surface area contributed by atoms with E-state index < -0.39 is 25.0 Å². The number of hydrogen-bond donors (Lipinski definition) is 0. The van der Waals surface area contributed by atoms with Crippen molar-refractivity contribution in [2.75, 3.05) is 0 Å². The molecule has 7 atom stereocenters.